The van der Waals surface area contributed by atoms with Crippen LogP contribution in [0.1, 0.15) is 16.7 Å². The Balaban J connectivity index is 1.92. The fourth-order valence-corrected chi connectivity index (χ4v) is 2.53. The van der Waals surface area contributed by atoms with E-state index in [2.05, 4.69) is 5.32 Å². The van der Waals surface area contributed by atoms with Gasteiger partial charge in [0.05, 0.1) is 14.2 Å². The van der Waals surface area contributed by atoms with Crippen LogP contribution in [0.4, 0.5) is 5.69 Å². The minimum absolute atomic E-state index is 0.369. The zero-order valence-electron chi connectivity index (χ0n) is 15.9. The van der Waals surface area contributed by atoms with Gasteiger partial charge < -0.3 is 19.5 Å². The van der Waals surface area contributed by atoms with Crippen molar-refractivity contribution in [1.82, 2.24) is 0 Å². The van der Waals surface area contributed by atoms with Gasteiger partial charge in [0.15, 0.2) is 18.1 Å². The zero-order valence-corrected chi connectivity index (χ0v) is 15.9. The highest BCUT2D eigenvalue weighted by Gasteiger charge is 2.09. The van der Waals surface area contributed by atoms with Gasteiger partial charge in [-0.1, -0.05) is 29.8 Å². The first kappa shape index (κ1) is 20.0. The molecule has 2 aromatic rings. The van der Waals surface area contributed by atoms with Gasteiger partial charge in [0.1, 0.15) is 0 Å². The molecule has 2 aromatic carbocycles. The van der Waals surface area contributed by atoms with Gasteiger partial charge in [-0.2, -0.15) is 0 Å². The molecule has 1 amide bonds. The lowest BCUT2D eigenvalue weighted by atomic mass is 10.1. The number of rotatable bonds is 7. The third-order valence-corrected chi connectivity index (χ3v) is 3.83. The number of ether oxygens (including phenoxy) is 3. The van der Waals surface area contributed by atoms with Gasteiger partial charge >= 0.3 is 5.97 Å². The van der Waals surface area contributed by atoms with Gasteiger partial charge in [0, 0.05) is 17.3 Å². The Hall–Kier alpha value is -3.28. The molecule has 0 saturated carbocycles. The van der Waals surface area contributed by atoms with Gasteiger partial charge in [0.25, 0.3) is 5.91 Å². The molecule has 0 heterocycles. The molecule has 2 rings (SSSR count). The molecule has 6 heteroatoms. The lowest BCUT2D eigenvalue weighted by Gasteiger charge is -2.10. The fraction of sp³-hybridized carbons (Fsp3) is 0.238. The number of carbonyl (C=O) groups is 2. The number of anilines is 1. The minimum Gasteiger partial charge on any atom is -0.493 e. The number of benzene rings is 2. The first-order valence-electron chi connectivity index (χ1n) is 8.37. The van der Waals surface area contributed by atoms with E-state index in [4.69, 9.17) is 14.2 Å². The molecule has 0 aliphatic rings. The van der Waals surface area contributed by atoms with Crippen molar-refractivity contribution in [2.24, 2.45) is 0 Å². The van der Waals surface area contributed by atoms with Crippen molar-refractivity contribution in [3.63, 3.8) is 0 Å². The number of para-hydroxylation sites is 1. The maximum Gasteiger partial charge on any atom is 0.331 e. The minimum atomic E-state index is -0.629. The molecule has 0 saturated heterocycles. The summed E-state index contributed by atoms with van der Waals surface area (Å²) in [5.74, 6) is 0.0378. The van der Waals surface area contributed by atoms with Crippen molar-refractivity contribution in [2.45, 2.75) is 13.8 Å². The van der Waals surface area contributed by atoms with Crippen molar-refractivity contribution >= 4 is 23.6 Å². The van der Waals surface area contributed by atoms with Gasteiger partial charge in [0.2, 0.25) is 0 Å². The lowest BCUT2D eigenvalue weighted by Crippen LogP contribution is -2.20. The average Bonchev–Trinajstić information content (AvgIpc) is 2.66. The van der Waals surface area contributed by atoms with Crippen LogP contribution in [0.3, 0.4) is 0 Å². The summed E-state index contributed by atoms with van der Waals surface area (Å²) in [5, 5.41) is 2.72. The molecule has 142 valence electrons. The first-order valence-corrected chi connectivity index (χ1v) is 8.37. The summed E-state index contributed by atoms with van der Waals surface area (Å²) >= 11 is 0. The number of nitrogens with one attached hydrogen (secondary N) is 1. The molecule has 6 nitrogen and oxygen atoms in total. The van der Waals surface area contributed by atoms with Gasteiger partial charge in [-0.05, 0) is 37.6 Å². The average molecular weight is 369 g/mol. The molecule has 0 aromatic heterocycles. The Morgan fingerprint density at radius 3 is 2.52 bits per heavy atom. The highest BCUT2D eigenvalue weighted by molar-refractivity contribution is 5.95. The lowest BCUT2D eigenvalue weighted by molar-refractivity contribution is -0.142. The van der Waals surface area contributed by atoms with Crippen molar-refractivity contribution in [2.75, 3.05) is 26.1 Å². The van der Waals surface area contributed by atoms with E-state index in [9.17, 15) is 9.59 Å². The number of esters is 1. The van der Waals surface area contributed by atoms with Gasteiger partial charge in [-0.25, -0.2) is 4.79 Å². The summed E-state index contributed by atoms with van der Waals surface area (Å²) in [6.45, 7) is 3.51. The van der Waals surface area contributed by atoms with E-state index in [0.29, 0.717) is 22.7 Å². The smallest absolute Gasteiger partial charge is 0.331 e. The molecule has 0 aliphatic heterocycles. The van der Waals surface area contributed by atoms with Crippen LogP contribution in [0.25, 0.3) is 6.08 Å². The molecule has 0 fully saturated rings. The molecule has 0 aliphatic carbocycles. The van der Waals surface area contributed by atoms with Crippen LogP contribution in [0, 0.1) is 13.8 Å². The van der Waals surface area contributed by atoms with Crippen LogP contribution < -0.4 is 14.8 Å². The van der Waals surface area contributed by atoms with Crippen molar-refractivity contribution in [1.29, 1.82) is 0 Å². The van der Waals surface area contributed by atoms with E-state index in [1.165, 1.54) is 20.3 Å². The van der Waals surface area contributed by atoms with E-state index < -0.39 is 11.9 Å². The van der Waals surface area contributed by atoms with Crippen LogP contribution >= 0.6 is 0 Å². The predicted octanol–water partition coefficient (Wildman–Crippen LogP) is 3.52. The van der Waals surface area contributed by atoms with Crippen LogP contribution in [-0.2, 0) is 14.3 Å². The van der Waals surface area contributed by atoms with Crippen molar-refractivity contribution < 1.29 is 23.8 Å². The molecular formula is C21H23NO5. The second-order valence-electron chi connectivity index (χ2n) is 5.89. The largest absolute Gasteiger partial charge is 0.493 e. The van der Waals surface area contributed by atoms with E-state index in [-0.39, 0.29) is 6.61 Å². The Morgan fingerprint density at radius 1 is 1.07 bits per heavy atom. The zero-order chi connectivity index (χ0) is 19.8. The van der Waals surface area contributed by atoms with Crippen molar-refractivity contribution in [3.05, 3.63) is 59.2 Å². The van der Waals surface area contributed by atoms with E-state index in [1.54, 1.807) is 24.3 Å². The molecular weight excluding hydrogens is 346 g/mol. The Morgan fingerprint density at radius 2 is 1.85 bits per heavy atom. The number of amides is 1. The van der Waals surface area contributed by atoms with Crippen LogP contribution in [-0.4, -0.2) is 32.7 Å². The summed E-state index contributed by atoms with van der Waals surface area (Å²) in [5.41, 5.74) is 3.40. The number of aryl methyl sites for hydroxylation is 2. The topological polar surface area (TPSA) is 73.9 Å². The third kappa shape index (κ3) is 5.60. The maximum absolute atomic E-state index is 12.0. The SMILES string of the molecule is COc1cccc(/C=C/C(=O)OCC(=O)Nc2ccc(C)cc2C)c1OC. The second kappa shape index (κ2) is 9.43. The van der Waals surface area contributed by atoms with E-state index in [0.717, 1.165) is 11.1 Å². The van der Waals surface area contributed by atoms with Crippen LogP contribution in [0.15, 0.2) is 42.5 Å². The number of methoxy groups -OCH3 is 2. The summed E-state index contributed by atoms with van der Waals surface area (Å²) in [6, 6.07) is 11.0. The van der Waals surface area contributed by atoms with E-state index in [1.807, 2.05) is 32.0 Å². The standard InChI is InChI=1S/C21H23NO5/c1-14-8-10-17(15(2)12-14)22-19(23)13-27-20(24)11-9-16-6-5-7-18(25-3)21(16)26-4/h5-12H,13H2,1-4H3,(H,22,23)/b11-9+. The van der Waals surface area contributed by atoms with Gasteiger partial charge in [-0.3, -0.25) is 4.79 Å². The Bertz CT molecular complexity index is 858. The molecule has 0 spiro atoms. The van der Waals surface area contributed by atoms with Gasteiger partial charge in [-0.15, -0.1) is 0 Å². The molecule has 0 unspecified atom stereocenters. The summed E-state index contributed by atoms with van der Waals surface area (Å²) in [4.78, 5) is 23.8. The maximum atomic E-state index is 12.0. The highest BCUT2D eigenvalue weighted by atomic mass is 16.5. The first-order chi connectivity index (χ1) is 12.9. The van der Waals surface area contributed by atoms with Crippen molar-refractivity contribution in [3.8, 4) is 11.5 Å². The monoisotopic (exact) mass is 369 g/mol. The molecule has 0 radical (unpaired) electrons. The number of hydrogen-bond donors (Lipinski definition) is 1. The Labute approximate surface area is 158 Å². The number of carbonyl (C=O) groups excluding carboxylic acids is 2. The molecule has 0 atom stereocenters. The van der Waals surface area contributed by atoms with Crippen LogP contribution in [0.2, 0.25) is 0 Å². The molecule has 1 N–H and O–H groups in total. The third-order valence-electron chi connectivity index (χ3n) is 3.83. The molecule has 0 bridgehead atoms. The van der Waals surface area contributed by atoms with E-state index >= 15 is 0 Å². The van der Waals surface area contributed by atoms with Crippen LogP contribution in [0.5, 0.6) is 11.5 Å². The predicted molar refractivity (Wildman–Crippen MR) is 104 cm³/mol. The quantitative estimate of drug-likeness (QED) is 0.597. The second-order valence-corrected chi connectivity index (χ2v) is 5.89. The summed E-state index contributed by atoms with van der Waals surface area (Å²) < 4.78 is 15.5. The summed E-state index contributed by atoms with van der Waals surface area (Å²) in [6.07, 6.45) is 2.79. The normalized spacial score (nSPS) is 10.5. The molecule has 27 heavy (non-hydrogen) atoms. The number of hydrogen-bond acceptors (Lipinski definition) is 5. The Kier molecular flexibility index (Phi) is 7.00. The fourth-order valence-electron chi connectivity index (χ4n) is 2.53. The highest BCUT2D eigenvalue weighted by Crippen LogP contribution is 2.31. The summed E-state index contributed by atoms with van der Waals surface area (Å²) in [7, 11) is 3.05.